The predicted octanol–water partition coefficient (Wildman–Crippen LogP) is 5.81. The number of hydrazone groups is 1. The highest BCUT2D eigenvalue weighted by Gasteiger charge is 2.32. The van der Waals surface area contributed by atoms with Crippen molar-refractivity contribution in [2.24, 2.45) is 5.10 Å². The summed E-state index contributed by atoms with van der Waals surface area (Å²) in [6, 6.07) is 15.0. The van der Waals surface area contributed by atoms with Crippen LogP contribution in [0.2, 0.25) is 5.02 Å². The molecule has 238 valence electrons. The molecular formula is C31H31BrClIN4O7. The second kappa shape index (κ2) is 16.2. The number of benzene rings is 3. The molecule has 4 N–H and O–H groups in total. The van der Waals surface area contributed by atoms with Crippen molar-refractivity contribution in [1.82, 2.24) is 16.1 Å². The number of rotatable bonds is 13. The molecule has 0 saturated heterocycles. The summed E-state index contributed by atoms with van der Waals surface area (Å²) in [4.78, 5) is 24.6. The van der Waals surface area contributed by atoms with Gasteiger partial charge in [0.25, 0.3) is 0 Å². The van der Waals surface area contributed by atoms with Crippen LogP contribution < -0.4 is 30.3 Å². The van der Waals surface area contributed by atoms with E-state index in [-0.39, 0.29) is 12.2 Å². The number of esters is 1. The number of carbonyl (C=O) groups excluding carboxylic acids is 2. The molecule has 1 aliphatic heterocycles. The number of allylic oxidation sites excluding steroid dienone is 1. The molecule has 0 bridgehead atoms. The third-order valence-corrected chi connectivity index (χ3v) is 8.07. The van der Waals surface area contributed by atoms with E-state index in [1.165, 1.54) is 7.11 Å². The number of halogens is 3. The molecule has 2 amide bonds. The number of hydrogen-bond donors (Lipinski definition) is 4. The van der Waals surface area contributed by atoms with E-state index in [9.17, 15) is 14.7 Å². The van der Waals surface area contributed by atoms with Crippen LogP contribution in [0.25, 0.3) is 0 Å². The molecule has 1 heterocycles. The summed E-state index contributed by atoms with van der Waals surface area (Å²) in [5.74, 6) is 0.866. The van der Waals surface area contributed by atoms with Gasteiger partial charge in [0.05, 0.1) is 39.6 Å². The monoisotopic (exact) mass is 812 g/mol. The van der Waals surface area contributed by atoms with Crippen LogP contribution in [0.4, 0.5) is 4.79 Å². The number of urea groups is 1. The molecule has 0 aliphatic carbocycles. The number of carbonyl (C=O) groups is 2. The van der Waals surface area contributed by atoms with Crippen LogP contribution in [0.1, 0.15) is 36.6 Å². The molecule has 0 saturated carbocycles. The summed E-state index contributed by atoms with van der Waals surface area (Å²) in [7, 11) is 1.28. The van der Waals surface area contributed by atoms with E-state index >= 15 is 0 Å². The van der Waals surface area contributed by atoms with E-state index in [0.717, 1.165) is 19.2 Å². The van der Waals surface area contributed by atoms with Gasteiger partial charge >= 0.3 is 12.0 Å². The maximum atomic E-state index is 12.4. The lowest BCUT2D eigenvalue weighted by molar-refractivity contribution is -0.136. The Hall–Kier alpha value is -3.53. The molecule has 1 aliphatic rings. The van der Waals surface area contributed by atoms with Crippen molar-refractivity contribution >= 4 is 68.3 Å². The van der Waals surface area contributed by atoms with Crippen molar-refractivity contribution in [3.63, 3.8) is 0 Å². The lowest BCUT2D eigenvalue weighted by atomic mass is 9.95. The number of nitrogens with zero attached hydrogens (tertiary/aromatic N) is 1. The topological polar surface area (TPSA) is 140 Å². The standard InChI is InChI=1S/C31H31BrClIN4O7/c1-4-43-25-13-20(28-27(30(40)42-3)17(2)36-31(41)37-28)7-10-24(25)44-16-26(39)38-35-14-19-11-22(32)29(23(34)12-19)45-15-18-5-8-21(33)9-6-18/h5-14,26,28,38-39H,4,15-16H2,1-3H3,(H2,36,37,41)/b35-14-/t26-,28-/m1/s1. The highest BCUT2D eigenvalue weighted by molar-refractivity contribution is 14.1. The van der Waals surface area contributed by atoms with Gasteiger partial charge in [-0.15, -0.1) is 0 Å². The van der Waals surface area contributed by atoms with Gasteiger partial charge in [-0.25, -0.2) is 9.59 Å². The van der Waals surface area contributed by atoms with Gasteiger partial charge in [-0.1, -0.05) is 29.8 Å². The Bertz CT molecular complexity index is 1580. The van der Waals surface area contributed by atoms with E-state index in [1.807, 2.05) is 43.3 Å². The Morgan fingerprint density at radius 1 is 1.16 bits per heavy atom. The zero-order valence-corrected chi connectivity index (χ0v) is 29.0. The summed E-state index contributed by atoms with van der Waals surface area (Å²) in [5.41, 5.74) is 5.67. The summed E-state index contributed by atoms with van der Waals surface area (Å²) in [5, 5.41) is 20.6. The zero-order chi connectivity index (χ0) is 32.5. The van der Waals surface area contributed by atoms with Crippen LogP contribution in [0.3, 0.4) is 0 Å². The van der Waals surface area contributed by atoms with Gasteiger partial charge < -0.3 is 34.7 Å². The van der Waals surface area contributed by atoms with Gasteiger partial charge in [-0.3, -0.25) is 5.43 Å². The van der Waals surface area contributed by atoms with E-state index in [1.54, 1.807) is 31.3 Å². The third-order valence-electron chi connectivity index (χ3n) is 6.43. The number of aliphatic hydroxyl groups is 1. The van der Waals surface area contributed by atoms with Crippen molar-refractivity contribution in [2.75, 3.05) is 20.3 Å². The summed E-state index contributed by atoms with van der Waals surface area (Å²) in [6.07, 6.45) is 0.432. The molecule has 3 aromatic rings. The normalized spacial score (nSPS) is 15.3. The van der Waals surface area contributed by atoms with E-state index in [0.29, 0.717) is 46.7 Å². The Morgan fingerprint density at radius 3 is 2.60 bits per heavy atom. The lowest BCUT2D eigenvalue weighted by Gasteiger charge is -2.28. The van der Waals surface area contributed by atoms with Gasteiger partial charge in [0.1, 0.15) is 19.0 Å². The minimum Gasteiger partial charge on any atom is -0.490 e. The molecule has 0 fully saturated rings. The first-order valence-electron chi connectivity index (χ1n) is 13.7. The lowest BCUT2D eigenvalue weighted by Crippen LogP contribution is -2.45. The van der Waals surface area contributed by atoms with Crippen molar-refractivity contribution in [2.45, 2.75) is 32.7 Å². The van der Waals surface area contributed by atoms with Gasteiger partial charge in [-0.05, 0) is 105 Å². The van der Waals surface area contributed by atoms with Gasteiger partial charge in [0.2, 0.25) is 0 Å². The molecule has 3 aromatic carbocycles. The largest absolute Gasteiger partial charge is 0.490 e. The minimum atomic E-state index is -1.14. The van der Waals surface area contributed by atoms with Crippen LogP contribution in [0.15, 0.2) is 75.4 Å². The first-order valence-corrected chi connectivity index (χ1v) is 15.9. The van der Waals surface area contributed by atoms with Crippen molar-refractivity contribution in [3.05, 3.63) is 95.6 Å². The van der Waals surface area contributed by atoms with E-state index in [4.69, 9.17) is 30.5 Å². The molecular weight excluding hydrogens is 783 g/mol. The van der Waals surface area contributed by atoms with Gasteiger partial charge in [-0.2, -0.15) is 5.10 Å². The second-order valence-corrected chi connectivity index (χ2v) is 12.1. The fraction of sp³-hybridized carbons (Fsp3) is 0.258. The highest BCUT2D eigenvalue weighted by Crippen LogP contribution is 2.35. The second-order valence-electron chi connectivity index (χ2n) is 9.64. The summed E-state index contributed by atoms with van der Waals surface area (Å²) < 4.78 is 24.1. The van der Waals surface area contributed by atoms with Crippen LogP contribution in [-0.2, 0) is 16.1 Å². The number of aliphatic hydroxyl groups excluding tert-OH is 1. The number of nitrogens with one attached hydrogen (secondary N) is 3. The van der Waals surface area contributed by atoms with Crippen LogP contribution in [-0.4, -0.2) is 49.9 Å². The molecule has 2 atom stereocenters. The molecule has 0 radical (unpaired) electrons. The summed E-state index contributed by atoms with van der Waals surface area (Å²) in [6.45, 7) is 4.02. The molecule has 11 nitrogen and oxygen atoms in total. The quantitative estimate of drug-likeness (QED) is 0.0559. The maximum absolute atomic E-state index is 12.4. The van der Waals surface area contributed by atoms with Crippen molar-refractivity contribution in [1.29, 1.82) is 0 Å². The average Bonchev–Trinajstić information content (AvgIpc) is 3.00. The van der Waals surface area contributed by atoms with Crippen LogP contribution in [0.5, 0.6) is 17.2 Å². The predicted molar refractivity (Wildman–Crippen MR) is 182 cm³/mol. The van der Waals surface area contributed by atoms with E-state index < -0.39 is 24.3 Å². The Kier molecular flexibility index (Phi) is 12.3. The number of ether oxygens (including phenoxy) is 4. The number of amides is 2. The molecule has 0 unspecified atom stereocenters. The summed E-state index contributed by atoms with van der Waals surface area (Å²) >= 11 is 11.7. The van der Waals surface area contributed by atoms with Crippen molar-refractivity contribution in [3.8, 4) is 17.2 Å². The van der Waals surface area contributed by atoms with Crippen LogP contribution in [0, 0.1) is 3.57 Å². The number of hydrogen-bond acceptors (Lipinski definition) is 9. The van der Waals surface area contributed by atoms with Gasteiger partial charge in [0.15, 0.2) is 17.7 Å². The average molecular weight is 814 g/mol. The fourth-order valence-corrected chi connectivity index (χ4v) is 6.24. The Labute approximate surface area is 287 Å². The van der Waals surface area contributed by atoms with Crippen molar-refractivity contribution < 1.29 is 33.6 Å². The highest BCUT2D eigenvalue weighted by atomic mass is 127. The maximum Gasteiger partial charge on any atom is 0.337 e. The molecule has 14 heteroatoms. The van der Waals surface area contributed by atoms with Gasteiger partial charge in [0, 0.05) is 10.7 Å². The molecule has 0 spiro atoms. The van der Waals surface area contributed by atoms with E-state index in [2.05, 4.69) is 59.7 Å². The number of methoxy groups -OCH3 is 1. The Balaban J connectivity index is 1.37. The molecule has 45 heavy (non-hydrogen) atoms. The smallest absolute Gasteiger partial charge is 0.337 e. The third kappa shape index (κ3) is 9.25. The minimum absolute atomic E-state index is 0.147. The van der Waals surface area contributed by atoms with Crippen LogP contribution >= 0.6 is 50.1 Å². The molecule has 4 rings (SSSR count). The first kappa shape index (κ1) is 34.3. The zero-order valence-electron chi connectivity index (χ0n) is 24.5. The fourth-order valence-electron chi connectivity index (χ4n) is 4.35. The SMILES string of the molecule is CCOc1cc([C@H]2NC(=O)NC(C)=C2C(=O)OC)ccc1OC[C@@H](O)N/N=C\c1cc(Br)c(OCc2ccc(Cl)cc2)c(I)c1. The Morgan fingerprint density at radius 2 is 1.91 bits per heavy atom. The first-order chi connectivity index (χ1) is 21.6. The molecule has 0 aromatic heterocycles.